The Morgan fingerprint density at radius 1 is 1.35 bits per heavy atom. The number of ether oxygens (including phenoxy) is 1. The van der Waals surface area contributed by atoms with E-state index in [4.69, 9.17) is 10.5 Å². The summed E-state index contributed by atoms with van der Waals surface area (Å²) in [5.41, 5.74) is 6.12. The molecule has 1 unspecified atom stereocenters. The number of benzene rings is 1. The maximum atomic E-state index is 12.7. The number of rotatable bonds is 7. The summed E-state index contributed by atoms with van der Waals surface area (Å²) in [6, 6.07) is 4.66. The molecule has 0 aliphatic carbocycles. The molecule has 0 radical (unpaired) electrons. The predicted molar refractivity (Wildman–Crippen MR) is 81.3 cm³/mol. The first-order valence-corrected chi connectivity index (χ1v) is 8.24. The molecule has 6 heteroatoms. The third-order valence-corrected chi connectivity index (χ3v) is 5.33. The molecular formula is C14H24N2O3S. The van der Waals surface area contributed by atoms with Crippen LogP contribution in [0.15, 0.2) is 23.1 Å². The van der Waals surface area contributed by atoms with Gasteiger partial charge in [-0.2, -0.15) is 4.31 Å². The van der Waals surface area contributed by atoms with Gasteiger partial charge in [0, 0.05) is 18.8 Å². The Bertz CT molecular complexity index is 543. The summed E-state index contributed by atoms with van der Waals surface area (Å²) in [5, 5.41) is 0. The number of nitrogen functional groups attached to an aromatic ring is 1. The largest absolute Gasteiger partial charge is 0.495 e. The number of hydrogen-bond donors (Lipinski definition) is 1. The van der Waals surface area contributed by atoms with Crippen LogP contribution in [0.2, 0.25) is 0 Å². The Balaban J connectivity index is 3.23. The van der Waals surface area contributed by atoms with Crippen LogP contribution >= 0.6 is 0 Å². The number of methoxy groups -OCH3 is 1. The molecule has 0 saturated carbocycles. The lowest BCUT2D eigenvalue weighted by molar-refractivity contribution is 0.356. The van der Waals surface area contributed by atoms with Crippen LogP contribution in [0.3, 0.4) is 0 Å². The topological polar surface area (TPSA) is 72.6 Å². The lowest BCUT2D eigenvalue weighted by Crippen LogP contribution is -2.34. The average Bonchev–Trinajstić information content (AvgIpc) is 2.44. The minimum atomic E-state index is -3.59. The molecule has 0 bridgehead atoms. The van der Waals surface area contributed by atoms with Crippen molar-refractivity contribution in [2.24, 2.45) is 5.92 Å². The lowest BCUT2D eigenvalue weighted by Gasteiger charge is -2.24. The number of sulfonamides is 1. The lowest BCUT2D eigenvalue weighted by atomic mass is 10.1. The zero-order valence-electron chi connectivity index (χ0n) is 12.6. The van der Waals surface area contributed by atoms with E-state index < -0.39 is 10.0 Å². The van der Waals surface area contributed by atoms with Crippen molar-refractivity contribution >= 4 is 15.7 Å². The van der Waals surface area contributed by atoms with Crippen LogP contribution in [0, 0.1) is 5.92 Å². The summed E-state index contributed by atoms with van der Waals surface area (Å²) in [5.74, 6) is 0.624. The monoisotopic (exact) mass is 300 g/mol. The van der Waals surface area contributed by atoms with Gasteiger partial charge in [-0.05, 0) is 24.1 Å². The number of anilines is 1. The zero-order valence-corrected chi connectivity index (χ0v) is 13.4. The Hall–Kier alpha value is -1.27. The molecular weight excluding hydrogens is 276 g/mol. The summed E-state index contributed by atoms with van der Waals surface area (Å²) in [7, 11) is -2.14. The van der Waals surface area contributed by atoms with Gasteiger partial charge in [0.2, 0.25) is 10.0 Å². The SMILES string of the molecule is CCC(C)CN(CC)S(=O)(=O)c1cc(N)ccc1OC. The highest BCUT2D eigenvalue weighted by Crippen LogP contribution is 2.29. The molecule has 0 aliphatic heterocycles. The predicted octanol–water partition coefficient (Wildman–Crippen LogP) is 2.33. The molecule has 0 fully saturated rings. The Morgan fingerprint density at radius 2 is 2.00 bits per heavy atom. The minimum absolute atomic E-state index is 0.130. The van der Waals surface area contributed by atoms with Crippen molar-refractivity contribution in [1.29, 1.82) is 0 Å². The van der Waals surface area contributed by atoms with Gasteiger partial charge in [-0.3, -0.25) is 0 Å². The second kappa shape index (κ2) is 6.95. The van der Waals surface area contributed by atoms with Crippen LogP contribution in [-0.4, -0.2) is 32.9 Å². The van der Waals surface area contributed by atoms with E-state index in [2.05, 4.69) is 0 Å². The molecule has 0 aromatic heterocycles. The second-order valence-electron chi connectivity index (χ2n) is 4.88. The maximum absolute atomic E-state index is 12.7. The first kappa shape index (κ1) is 16.8. The van der Waals surface area contributed by atoms with Crippen LogP contribution < -0.4 is 10.5 Å². The molecule has 1 aromatic rings. The van der Waals surface area contributed by atoms with Gasteiger partial charge in [0.25, 0.3) is 0 Å². The molecule has 0 saturated heterocycles. The van der Waals surface area contributed by atoms with Gasteiger partial charge in [-0.15, -0.1) is 0 Å². The number of nitrogens with two attached hydrogens (primary N) is 1. The summed E-state index contributed by atoms with van der Waals surface area (Å²) in [6.07, 6.45) is 0.931. The summed E-state index contributed by atoms with van der Waals surface area (Å²) in [4.78, 5) is 0.130. The molecule has 2 N–H and O–H groups in total. The molecule has 114 valence electrons. The Morgan fingerprint density at radius 3 is 2.50 bits per heavy atom. The van der Waals surface area contributed by atoms with E-state index in [1.54, 1.807) is 12.1 Å². The van der Waals surface area contributed by atoms with Crippen molar-refractivity contribution in [3.8, 4) is 5.75 Å². The van der Waals surface area contributed by atoms with Gasteiger partial charge in [-0.25, -0.2) is 8.42 Å². The third-order valence-electron chi connectivity index (χ3n) is 3.37. The number of hydrogen-bond acceptors (Lipinski definition) is 4. The van der Waals surface area contributed by atoms with Gasteiger partial charge >= 0.3 is 0 Å². The van der Waals surface area contributed by atoms with E-state index in [0.29, 0.717) is 30.4 Å². The van der Waals surface area contributed by atoms with Crippen molar-refractivity contribution in [2.75, 3.05) is 25.9 Å². The van der Waals surface area contributed by atoms with E-state index >= 15 is 0 Å². The fourth-order valence-corrected chi connectivity index (χ4v) is 3.67. The molecule has 20 heavy (non-hydrogen) atoms. The van der Waals surface area contributed by atoms with Gasteiger partial charge in [0.15, 0.2) is 0 Å². The summed E-state index contributed by atoms with van der Waals surface area (Å²) < 4.78 is 32.1. The van der Waals surface area contributed by atoms with Crippen LogP contribution in [0.1, 0.15) is 27.2 Å². The molecule has 5 nitrogen and oxygen atoms in total. The zero-order chi connectivity index (χ0) is 15.3. The second-order valence-corrected chi connectivity index (χ2v) is 6.79. The molecule has 1 aromatic carbocycles. The van der Waals surface area contributed by atoms with Crippen LogP contribution in [-0.2, 0) is 10.0 Å². The van der Waals surface area contributed by atoms with E-state index in [0.717, 1.165) is 6.42 Å². The standard InChI is InChI=1S/C14H24N2O3S/c1-5-11(3)10-16(6-2)20(17,18)14-9-12(15)7-8-13(14)19-4/h7-9,11H,5-6,10,15H2,1-4H3. The first-order valence-electron chi connectivity index (χ1n) is 6.80. The molecule has 0 aliphatic rings. The maximum Gasteiger partial charge on any atom is 0.246 e. The third kappa shape index (κ3) is 3.64. The molecule has 0 heterocycles. The van der Waals surface area contributed by atoms with Gasteiger partial charge in [0.1, 0.15) is 10.6 Å². The molecule has 1 atom stereocenters. The fourth-order valence-electron chi connectivity index (χ4n) is 1.91. The van der Waals surface area contributed by atoms with E-state index in [-0.39, 0.29) is 4.90 Å². The quantitative estimate of drug-likeness (QED) is 0.784. The normalized spacial score (nSPS) is 13.4. The molecule has 0 amide bonds. The Labute approximate surface area is 121 Å². The van der Waals surface area contributed by atoms with E-state index in [1.807, 2.05) is 20.8 Å². The van der Waals surface area contributed by atoms with Crippen LogP contribution in [0.4, 0.5) is 5.69 Å². The number of nitrogens with zero attached hydrogens (tertiary/aromatic N) is 1. The highest BCUT2D eigenvalue weighted by molar-refractivity contribution is 7.89. The molecule has 1 rings (SSSR count). The van der Waals surface area contributed by atoms with Crippen molar-refractivity contribution in [1.82, 2.24) is 4.31 Å². The first-order chi connectivity index (χ1) is 9.36. The summed E-state index contributed by atoms with van der Waals surface area (Å²) in [6.45, 7) is 6.83. The Kier molecular flexibility index (Phi) is 5.83. The van der Waals surface area contributed by atoms with Crippen molar-refractivity contribution in [3.63, 3.8) is 0 Å². The molecule has 0 spiro atoms. The van der Waals surface area contributed by atoms with E-state index in [9.17, 15) is 8.42 Å². The average molecular weight is 300 g/mol. The highest BCUT2D eigenvalue weighted by atomic mass is 32.2. The van der Waals surface area contributed by atoms with E-state index in [1.165, 1.54) is 17.5 Å². The summed E-state index contributed by atoms with van der Waals surface area (Å²) >= 11 is 0. The van der Waals surface area contributed by atoms with Crippen molar-refractivity contribution in [2.45, 2.75) is 32.1 Å². The van der Waals surface area contributed by atoms with Crippen LogP contribution in [0.25, 0.3) is 0 Å². The highest BCUT2D eigenvalue weighted by Gasteiger charge is 2.27. The van der Waals surface area contributed by atoms with Crippen molar-refractivity contribution in [3.05, 3.63) is 18.2 Å². The fraction of sp³-hybridized carbons (Fsp3) is 0.571. The smallest absolute Gasteiger partial charge is 0.246 e. The van der Waals surface area contributed by atoms with Crippen molar-refractivity contribution < 1.29 is 13.2 Å². The van der Waals surface area contributed by atoms with Gasteiger partial charge in [-0.1, -0.05) is 27.2 Å². The van der Waals surface area contributed by atoms with Gasteiger partial charge < -0.3 is 10.5 Å². The minimum Gasteiger partial charge on any atom is -0.495 e. The van der Waals surface area contributed by atoms with Gasteiger partial charge in [0.05, 0.1) is 7.11 Å². The van der Waals surface area contributed by atoms with Crippen LogP contribution in [0.5, 0.6) is 5.75 Å².